The average molecular weight is 265 g/mol. The van der Waals surface area contributed by atoms with Crippen molar-refractivity contribution in [2.45, 2.75) is 33.3 Å². The molecule has 0 bridgehead atoms. The third kappa shape index (κ3) is 2.22. The Balaban J connectivity index is 2.15. The lowest BCUT2D eigenvalue weighted by atomic mass is 9.91. The van der Waals surface area contributed by atoms with Crippen LogP contribution in [-0.4, -0.2) is 4.98 Å². The quantitative estimate of drug-likeness (QED) is 0.788. The van der Waals surface area contributed by atoms with Gasteiger partial charge in [0.05, 0.1) is 12.0 Å². The third-order valence-corrected chi connectivity index (χ3v) is 3.78. The summed E-state index contributed by atoms with van der Waals surface area (Å²) in [7, 11) is 0. The summed E-state index contributed by atoms with van der Waals surface area (Å²) in [5, 5.41) is 0. The Bertz CT molecular complexity index is 642. The van der Waals surface area contributed by atoms with Crippen LogP contribution in [0.15, 0.2) is 42.8 Å². The van der Waals surface area contributed by atoms with Crippen molar-refractivity contribution >= 4 is 0 Å². The Hall–Kier alpha value is -2.09. The topological polar surface area (TPSA) is 22.1 Å². The number of aryl methyl sites for hydroxylation is 3. The van der Waals surface area contributed by atoms with Gasteiger partial charge in [0.15, 0.2) is 0 Å². The van der Waals surface area contributed by atoms with Gasteiger partial charge in [0, 0.05) is 18.2 Å². The Labute approximate surface area is 120 Å². The van der Waals surface area contributed by atoms with E-state index in [-0.39, 0.29) is 6.10 Å². The lowest BCUT2D eigenvalue weighted by Gasteiger charge is -2.18. The minimum atomic E-state index is 0.0475. The molecule has 102 valence electrons. The van der Waals surface area contributed by atoms with E-state index < -0.39 is 0 Å². The lowest BCUT2D eigenvalue weighted by molar-refractivity contribution is 0.169. The van der Waals surface area contributed by atoms with Crippen molar-refractivity contribution in [1.82, 2.24) is 4.98 Å². The van der Waals surface area contributed by atoms with E-state index >= 15 is 0 Å². The fourth-order valence-corrected chi connectivity index (χ4v) is 3.05. The van der Waals surface area contributed by atoms with Crippen LogP contribution in [0.25, 0.3) is 11.1 Å². The average Bonchev–Trinajstić information content (AvgIpc) is 2.92. The second-order valence-electron chi connectivity index (χ2n) is 5.44. The molecule has 0 fully saturated rings. The van der Waals surface area contributed by atoms with Crippen LogP contribution in [-0.2, 0) is 4.74 Å². The number of nitrogens with zero attached hydrogens (tertiary/aromatic N) is 1. The molecule has 2 aromatic rings. The number of benzene rings is 1. The highest BCUT2D eigenvalue weighted by molar-refractivity contribution is 5.73. The van der Waals surface area contributed by atoms with Gasteiger partial charge < -0.3 is 4.74 Å². The van der Waals surface area contributed by atoms with Crippen LogP contribution in [0.3, 0.4) is 0 Å². The van der Waals surface area contributed by atoms with E-state index in [9.17, 15) is 0 Å². The second kappa shape index (κ2) is 5.12. The third-order valence-electron chi connectivity index (χ3n) is 3.78. The molecule has 1 aliphatic rings. The van der Waals surface area contributed by atoms with Crippen molar-refractivity contribution in [3.8, 4) is 11.1 Å². The summed E-state index contributed by atoms with van der Waals surface area (Å²) in [5.74, 6) is 0. The molecule has 0 N–H and O–H groups in total. The Morgan fingerprint density at radius 3 is 2.55 bits per heavy atom. The molecule has 1 unspecified atom stereocenters. The van der Waals surface area contributed by atoms with E-state index in [0.29, 0.717) is 0 Å². The van der Waals surface area contributed by atoms with Crippen LogP contribution in [0.5, 0.6) is 0 Å². The zero-order chi connectivity index (χ0) is 14.1. The first kappa shape index (κ1) is 12.9. The standard InChI is InChI=1S/C18H19NO/c1-12-10-13(2)17(14(3)11-12)15-6-4-8-19-18(15)16-7-5-9-20-16/h4-6,8-11,16H,7H2,1-3H3. The van der Waals surface area contributed by atoms with Gasteiger partial charge in [-0.05, 0) is 49.6 Å². The van der Waals surface area contributed by atoms with Crippen LogP contribution in [0.1, 0.15) is 34.9 Å². The molecule has 20 heavy (non-hydrogen) atoms. The van der Waals surface area contributed by atoms with Crippen molar-refractivity contribution in [1.29, 1.82) is 0 Å². The van der Waals surface area contributed by atoms with E-state index in [4.69, 9.17) is 4.74 Å². The molecule has 1 atom stereocenters. The van der Waals surface area contributed by atoms with Crippen molar-refractivity contribution in [2.75, 3.05) is 0 Å². The predicted octanol–water partition coefficient (Wildman–Crippen LogP) is 4.65. The smallest absolute Gasteiger partial charge is 0.144 e. The summed E-state index contributed by atoms with van der Waals surface area (Å²) in [4.78, 5) is 4.58. The molecule has 0 aliphatic carbocycles. The monoisotopic (exact) mass is 265 g/mol. The van der Waals surface area contributed by atoms with Gasteiger partial charge in [-0.2, -0.15) is 0 Å². The SMILES string of the molecule is Cc1cc(C)c(-c2cccnc2C2CC=CO2)c(C)c1. The largest absolute Gasteiger partial charge is 0.492 e. The van der Waals surface area contributed by atoms with Crippen LogP contribution in [0.2, 0.25) is 0 Å². The van der Waals surface area contributed by atoms with Crippen LogP contribution >= 0.6 is 0 Å². The number of rotatable bonds is 2. The molecule has 0 amide bonds. The first-order chi connectivity index (χ1) is 9.66. The second-order valence-corrected chi connectivity index (χ2v) is 5.44. The Kier molecular flexibility index (Phi) is 3.31. The van der Waals surface area contributed by atoms with Crippen molar-refractivity contribution in [2.24, 2.45) is 0 Å². The van der Waals surface area contributed by atoms with Gasteiger partial charge in [-0.25, -0.2) is 0 Å². The van der Waals surface area contributed by atoms with E-state index in [1.165, 1.54) is 27.8 Å². The van der Waals surface area contributed by atoms with Gasteiger partial charge in [-0.15, -0.1) is 0 Å². The van der Waals surface area contributed by atoms with Gasteiger partial charge >= 0.3 is 0 Å². The van der Waals surface area contributed by atoms with Crippen LogP contribution in [0, 0.1) is 20.8 Å². The molecule has 2 nitrogen and oxygen atoms in total. The molecule has 0 spiro atoms. The highest BCUT2D eigenvalue weighted by atomic mass is 16.5. The summed E-state index contributed by atoms with van der Waals surface area (Å²) in [5.41, 5.74) is 7.40. The van der Waals surface area contributed by atoms with E-state index in [2.05, 4.69) is 50.0 Å². The first-order valence-electron chi connectivity index (χ1n) is 7.00. The summed E-state index contributed by atoms with van der Waals surface area (Å²) in [6.45, 7) is 6.47. The van der Waals surface area contributed by atoms with E-state index in [1.807, 2.05) is 12.3 Å². The molecule has 1 aromatic carbocycles. The Morgan fingerprint density at radius 2 is 1.90 bits per heavy atom. The number of pyridine rings is 1. The minimum absolute atomic E-state index is 0.0475. The van der Waals surface area contributed by atoms with Gasteiger partial charge in [0.2, 0.25) is 0 Å². The van der Waals surface area contributed by atoms with E-state index in [0.717, 1.165) is 12.1 Å². The van der Waals surface area contributed by atoms with Gasteiger partial charge in [-0.1, -0.05) is 23.8 Å². The summed E-state index contributed by atoms with van der Waals surface area (Å²) >= 11 is 0. The van der Waals surface area contributed by atoms with E-state index in [1.54, 1.807) is 6.26 Å². The normalized spacial score (nSPS) is 17.2. The summed E-state index contributed by atoms with van der Waals surface area (Å²) < 4.78 is 5.66. The first-order valence-corrected chi connectivity index (χ1v) is 7.00. The molecular weight excluding hydrogens is 246 g/mol. The molecule has 0 saturated carbocycles. The number of hydrogen-bond acceptors (Lipinski definition) is 2. The molecule has 0 saturated heterocycles. The molecule has 1 aliphatic heterocycles. The van der Waals surface area contributed by atoms with Crippen molar-refractivity contribution in [3.05, 3.63) is 65.2 Å². The number of hydrogen-bond donors (Lipinski definition) is 0. The maximum Gasteiger partial charge on any atom is 0.144 e. The van der Waals surface area contributed by atoms with Gasteiger partial charge in [0.1, 0.15) is 6.10 Å². The highest BCUT2D eigenvalue weighted by Crippen LogP contribution is 2.36. The summed E-state index contributed by atoms with van der Waals surface area (Å²) in [6, 6.07) is 8.61. The molecule has 2 heteroatoms. The van der Waals surface area contributed by atoms with Gasteiger partial charge in [0.25, 0.3) is 0 Å². The zero-order valence-electron chi connectivity index (χ0n) is 12.2. The molecule has 0 radical (unpaired) electrons. The fraction of sp³-hybridized carbons (Fsp3) is 0.278. The number of ether oxygens (including phenoxy) is 1. The maximum absolute atomic E-state index is 5.66. The van der Waals surface area contributed by atoms with Crippen LogP contribution < -0.4 is 0 Å². The van der Waals surface area contributed by atoms with Crippen molar-refractivity contribution in [3.63, 3.8) is 0 Å². The number of aromatic nitrogens is 1. The highest BCUT2D eigenvalue weighted by Gasteiger charge is 2.21. The molecule has 2 heterocycles. The fourth-order valence-electron chi connectivity index (χ4n) is 3.05. The summed E-state index contributed by atoms with van der Waals surface area (Å²) in [6.07, 6.45) is 6.62. The maximum atomic E-state index is 5.66. The lowest BCUT2D eigenvalue weighted by Crippen LogP contribution is -2.03. The predicted molar refractivity (Wildman–Crippen MR) is 81.5 cm³/mol. The molecule has 3 rings (SSSR count). The van der Waals surface area contributed by atoms with Gasteiger partial charge in [-0.3, -0.25) is 4.98 Å². The molecule has 1 aromatic heterocycles. The van der Waals surface area contributed by atoms with Crippen molar-refractivity contribution < 1.29 is 4.74 Å². The Morgan fingerprint density at radius 1 is 1.15 bits per heavy atom. The molecular formula is C18H19NO. The minimum Gasteiger partial charge on any atom is -0.492 e. The zero-order valence-corrected chi connectivity index (χ0v) is 12.2. The van der Waals surface area contributed by atoms with Crippen LogP contribution in [0.4, 0.5) is 0 Å².